The molecule has 2 aromatic heterocycles. The number of nitrogens with zero attached hydrogens (tertiary/aromatic N) is 3. The normalized spacial score (nSPS) is 12.3. The number of halogens is 1. The molecule has 124 valence electrons. The van der Waals surface area contributed by atoms with Crippen molar-refractivity contribution >= 4 is 28.9 Å². The Morgan fingerprint density at radius 2 is 2.08 bits per heavy atom. The molecule has 0 saturated carbocycles. The molecule has 3 aromatic rings. The highest BCUT2D eigenvalue weighted by atomic mass is 32.2. The zero-order valence-electron chi connectivity index (χ0n) is 13.0. The summed E-state index contributed by atoms with van der Waals surface area (Å²) in [5, 5.41) is 10.8. The third kappa shape index (κ3) is 4.07. The van der Waals surface area contributed by atoms with Crippen LogP contribution in [0.4, 0.5) is 4.39 Å². The molecule has 1 atom stereocenters. The molecule has 0 spiro atoms. The van der Waals surface area contributed by atoms with Crippen molar-refractivity contribution in [1.82, 2.24) is 15.2 Å². The van der Waals surface area contributed by atoms with E-state index in [0.29, 0.717) is 23.1 Å². The number of carbonyl (C=O) groups is 1. The van der Waals surface area contributed by atoms with E-state index in [9.17, 15) is 9.18 Å². The third-order valence-corrected chi connectivity index (χ3v) is 4.98. The van der Waals surface area contributed by atoms with Gasteiger partial charge in [-0.3, -0.25) is 4.79 Å². The van der Waals surface area contributed by atoms with E-state index in [4.69, 9.17) is 4.42 Å². The van der Waals surface area contributed by atoms with E-state index in [1.54, 1.807) is 18.3 Å². The Kier molecular flexibility index (Phi) is 5.06. The van der Waals surface area contributed by atoms with Gasteiger partial charge in [0.1, 0.15) is 5.82 Å². The zero-order valence-corrected chi connectivity index (χ0v) is 14.7. The van der Waals surface area contributed by atoms with Crippen molar-refractivity contribution in [2.24, 2.45) is 0 Å². The van der Waals surface area contributed by atoms with Gasteiger partial charge in [-0.25, -0.2) is 9.37 Å². The predicted octanol–water partition coefficient (Wildman–Crippen LogP) is 3.93. The molecular formula is C16H14FN3O2S2. The molecule has 0 fully saturated rings. The van der Waals surface area contributed by atoms with Crippen LogP contribution in [0.1, 0.15) is 33.9 Å². The first kappa shape index (κ1) is 16.8. The third-order valence-electron chi connectivity index (χ3n) is 3.22. The van der Waals surface area contributed by atoms with Crippen LogP contribution in [0.25, 0.3) is 0 Å². The molecule has 2 heterocycles. The van der Waals surface area contributed by atoms with Crippen LogP contribution >= 0.6 is 23.1 Å². The van der Waals surface area contributed by atoms with Gasteiger partial charge in [0, 0.05) is 10.9 Å². The number of Topliss-reactive ketones (excluding diaryl/α,β-unsaturated/α-hetero) is 1. The van der Waals surface area contributed by atoms with Gasteiger partial charge >= 0.3 is 0 Å². The van der Waals surface area contributed by atoms with E-state index in [1.807, 2.05) is 12.3 Å². The quantitative estimate of drug-likeness (QED) is 0.488. The first-order valence-electron chi connectivity index (χ1n) is 7.21. The molecule has 0 unspecified atom stereocenters. The fraction of sp³-hybridized carbons (Fsp3) is 0.250. The molecule has 8 heteroatoms. The van der Waals surface area contributed by atoms with Crippen LogP contribution in [0.3, 0.4) is 0 Å². The molecule has 0 aliphatic rings. The molecule has 0 bridgehead atoms. The number of thioether (sulfide) groups is 1. The number of aromatic nitrogens is 3. The van der Waals surface area contributed by atoms with Crippen LogP contribution in [0.5, 0.6) is 0 Å². The molecule has 24 heavy (non-hydrogen) atoms. The maximum atomic E-state index is 12.9. The lowest BCUT2D eigenvalue weighted by Crippen LogP contribution is -2.13. The monoisotopic (exact) mass is 363 g/mol. The van der Waals surface area contributed by atoms with Crippen LogP contribution in [0, 0.1) is 12.7 Å². The van der Waals surface area contributed by atoms with Crippen LogP contribution in [0.15, 0.2) is 39.3 Å². The molecule has 0 radical (unpaired) electrons. The Labute approximate surface area is 146 Å². The fourth-order valence-electron chi connectivity index (χ4n) is 2.06. The average Bonchev–Trinajstić information content (AvgIpc) is 3.17. The highest BCUT2D eigenvalue weighted by Crippen LogP contribution is 2.25. The highest BCUT2D eigenvalue weighted by molar-refractivity contribution is 8.00. The summed E-state index contributed by atoms with van der Waals surface area (Å²) in [7, 11) is 0. The van der Waals surface area contributed by atoms with E-state index in [-0.39, 0.29) is 11.6 Å². The van der Waals surface area contributed by atoms with E-state index in [2.05, 4.69) is 15.2 Å². The van der Waals surface area contributed by atoms with Gasteiger partial charge in [-0.1, -0.05) is 11.8 Å². The Bertz CT molecular complexity index is 845. The van der Waals surface area contributed by atoms with E-state index in [0.717, 1.165) is 10.7 Å². The van der Waals surface area contributed by atoms with Crippen molar-refractivity contribution in [3.63, 3.8) is 0 Å². The number of aryl methyl sites for hydroxylation is 1. The second kappa shape index (κ2) is 7.23. The summed E-state index contributed by atoms with van der Waals surface area (Å²) in [6.07, 6.45) is 0.470. The van der Waals surface area contributed by atoms with Gasteiger partial charge in [-0.15, -0.1) is 21.5 Å². The molecule has 3 rings (SSSR count). The van der Waals surface area contributed by atoms with E-state index < -0.39 is 5.25 Å². The van der Waals surface area contributed by atoms with Gasteiger partial charge in [-0.2, -0.15) is 0 Å². The van der Waals surface area contributed by atoms with Crippen molar-refractivity contribution in [3.05, 3.63) is 57.6 Å². The molecule has 0 amide bonds. The summed E-state index contributed by atoms with van der Waals surface area (Å²) in [5.41, 5.74) is 1.34. The molecular weight excluding hydrogens is 349 g/mol. The SMILES string of the molecule is Cc1nc(Cc2nnc(S[C@@H](C)C(=O)c3ccc(F)cc3)o2)cs1. The Balaban J connectivity index is 1.63. The summed E-state index contributed by atoms with van der Waals surface area (Å²) in [6.45, 7) is 3.69. The maximum absolute atomic E-state index is 12.9. The lowest BCUT2D eigenvalue weighted by atomic mass is 10.1. The molecule has 0 N–H and O–H groups in total. The van der Waals surface area contributed by atoms with Gasteiger partial charge in [0.15, 0.2) is 5.78 Å². The van der Waals surface area contributed by atoms with Crippen molar-refractivity contribution in [2.75, 3.05) is 0 Å². The highest BCUT2D eigenvalue weighted by Gasteiger charge is 2.20. The second-order valence-corrected chi connectivity index (χ2v) is 7.48. The van der Waals surface area contributed by atoms with E-state index in [1.165, 1.54) is 36.0 Å². The van der Waals surface area contributed by atoms with Crippen LogP contribution < -0.4 is 0 Å². The summed E-state index contributed by atoms with van der Waals surface area (Å²) in [6, 6.07) is 5.48. The summed E-state index contributed by atoms with van der Waals surface area (Å²) in [5.74, 6) is -0.0233. The molecule has 1 aromatic carbocycles. The predicted molar refractivity (Wildman–Crippen MR) is 90.0 cm³/mol. The lowest BCUT2D eigenvalue weighted by molar-refractivity contribution is 0.0993. The van der Waals surface area contributed by atoms with Crippen LogP contribution in [-0.2, 0) is 6.42 Å². The van der Waals surface area contributed by atoms with Gasteiger partial charge in [0.2, 0.25) is 5.89 Å². The van der Waals surface area contributed by atoms with Crippen molar-refractivity contribution < 1.29 is 13.6 Å². The number of benzene rings is 1. The number of thiazole rings is 1. The minimum atomic E-state index is -0.412. The Morgan fingerprint density at radius 3 is 2.75 bits per heavy atom. The van der Waals surface area contributed by atoms with Crippen molar-refractivity contribution in [1.29, 1.82) is 0 Å². The van der Waals surface area contributed by atoms with Crippen molar-refractivity contribution in [3.8, 4) is 0 Å². The maximum Gasteiger partial charge on any atom is 0.277 e. The summed E-state index contributed by atoms with van der Waals surface area (Å²) < 4.78 is 18.5. The molecule has 5 nitrogen and oxygen atoms in total. The van der Waals surface area contributed by atoms with Gasteiger partial charge < -0.3 is 4.42 Å². The minimum Gasteiger partial charge on any atom is -0.416 e. The second-order valence-electron chi connectivity index (χ2n) is 5.13. The topological polar surface area (TPSA) is 68.9 Å². The molecule has 0 saturated heterocycles. The standard InChI is InChI=1S/C16H14FN3O2S2/c1-9(15(21)11-3-5-12(17)6-4-11)24-16-20-19-14(22-16)7-13-8-23-10(2)18-13/h3-6,8-9H,7H2,1-2H3/t9-/m0/s1. The minimum absolute atomic E-state index is 0.116. The smallest absolute Gasteiger partial charge is 0.277 e. The fourth-order valence-corrected chi connectivity index (χ4v) is 3.45. The van der Waals surface area contributed by atoms with Gasteiger partial charge in [0.05, 0.1) is 22.4 Å². The number of carbonyl (C=O) groups excluding carboxylic acids is 1. The van der Waals surface area contributed by atoms with Crippen LogP contribution in [-0.4, -0.2) is 26.2 Å². The summed E-state index contributed by atoms with van der Waals surface area (Å²) >= 11 is 2.75. The largest absolute Gasteiger partial charge is 0.416 e. The Morgan fingerprint density at radius 1 is 1.33 bits per heavy atom. The number of hydrogen-bond acceptors (Lipinski definition) is 7. The van der Waals surface area contributed by atoms with Gasteiger partial charge in [-0.05, 0) is 38.1 Å². The molecule has 0 aliphatic carbocycles. The number of hydrogen-bond donors (Lipinski definition) is 0. The number of rotatable bonds is 6. The number of ketones is 1. The van der Waals surface area contributed by atoms with Gasteiger partial charge in [0.25, 0.3) is 5.22 Å². The Hall–Kier alpha value is -2.06. The zero-order chi connectivity index (χ0) is 17.1. The lowest BCUT2D eigenvalue weighted by Gasteiger charge is -2.07. The average molecular weight is 363 g/mol. The van der Waals surface area contributed by atoms with E-state index >= 15 is 0 Å². The molecule has 0 aliphatic heterocycles. The first-order valence-corrected chi connectivity index (χ1v) is 8.97. The summed E-state index contributed by atoms with van der Waals surface area (Å²) in [4.78, 5) is 16.7. The first-order chi connectivity index (χ1) is 11.5. The van der Waals surface area contributed by atoms with Crippen LogP contribution in [0.2, 0.25) is 0 Å². The van der Waals surface area contributed by atoms with Crippen molar-refractivity contribution in [2.45, 2.75) is 30.7 Å².